The third-order valence-electron chi connectivity index (χ3n) is 2.32. The van der Waals surface area contributed by atoms with E-state index in [-0.39, 0.29) is 18.4 Å². The van der Waals surface area contributed by atoms with Crippen molar-refractivity contribution in [1.82, 2.24) is 4.48 Å². The number of ether oxygens (including phenoxy) is 1. The van der Waals surface area contributed by atoms with Crippen LogP contribution in [-0.4, -0.2) is 26.8 Å². The van der Waals surface area contributed by atoms with Gasteiger partial charge in [0.15, 0.2) is 0 Å². The Morgan fingerprint density at radius 1 is 1.29 bits per heavy atom. The highest BCUT2D eigenvalue weighted by Crippen LogP contribution is 2.17. The summed E-state index contributed by atoms with van der Waals surface area (Å²) < 4.78 is 5.66. The van der Waals surface area contributed by atoms with E-state index in [1.165, 1.54) is 0 Å². The van der Waals surface area contributed by atoms with Crippen molar-refractivity contribution in [3.8, 4) is 0 Å². The molecular formula is C13H18ClNO2. The Kier molecular flexibility index (Phi) is 5.93. The SMILES string of the molecule is C=C(C)C(=O)OC[N+](C)(C)c1ccccc1.[Cl-]. The lowest BCUT2D eigenvalue weighted by Crippen LogP contribution is -3.00. The monoisotopic (exact) mass is 255 g/mol. The Labute approximate surface area is 109 Å². The van der Waals surface area contributed by atoms with Crippen LogP contribution in [0.2, 0.25) is 0 Å². The van der Waals surface area contributed by atoms with Gasteiger partial charge in [0.05, 0.1) is 14.1 Å². The van der Waals surface area contributed by atoms with Gasteiger partial charge in [0.2, 0.25) is 6.73 Å². The molecule has 0 aliphatic rings. The van der Waals surface area contributed by atoms with Gasteiger partial charge in [-0.15, -0.1) is 0 Å². The first kappa shape index (κ1) is 15.7. The molecule has 0 spiro atoms. The highest BCUT2D eigenvalue weighted by Gasteiger charge is 2.20. The second kappa shape index (κ2) is 6.42. The van der Waals surface area contributed by atoms with Gasteiger partial charge in [-0.25, -0.2) is 4.79 Å². The average molecular weight is 256 g/mol. The Morgan fingerprint density at radius 3 is 2.29 bits per heavy atom. The van der Waals surface area contributed by atoms with Crippen LogP contribution in [0.15, 0.2) is 42.5 Å². The van der Waals surface area contributed by atoms with Crippen LogP contribution >= 0.6 is 0 Å². The minimum absolute atomic E-state index is 0. The van der Waals surface area contributed by atoms with Gasteiger partial charge in [0.1, 0.15) is 5.69 Å². The number of hydrogen-bond donors (Lipinski definition) is 0. The van der Waals surface area contributed by atoms with Crippen molar-refractivity contribution in [2.24, 2.45) is 0 Å². The van der Waals surface area contributed by atoms with Crippen molar-refractivity contribution in [3.05, 3.63) is 42.5 Å². The van der Waals surface area contributed by atoms with E-state index < -0.39 is 0 Å². The van der Waals surface area contributed by atoms with Crippen LogP contribution < -0.4 is 16.9 Å². The second-order valence-corrected chi connectivity index (χ2v) is 4.36. The summed E-state index contributed by atoms with van der Waals surface area (Å²) in [7, 11) is 3.97. The Bertz CT molecular complexity index is 388. The van der Waals surface area contributed by atoms with E-state index in [4.69, 9.17) is 4.74 Å². The fourth-order valence-corrected chi connectivity index (χ4v) is 1.25. The molecule has 0 aliphatic heterocycles. The maximum atomic E-state index is 11.3. The largest absolute Gasteiger partial charge is 1.00 e. The topological polar surface area (TPSA) is 26.3 Å². The fourth-order valence-electron chi connectivity index (χ4n) is 1.25. The van der Waals surface area contributed by atoms with Crippen LogP contribution in [0.5, 0.6) is 0 Å². The zero-order chi connectivity index (χ0) is 12.2. The normalized spacial score (nSPS) is 10.3. The highest BCUT2D eigenvalue weighted by atomic mass is 35.5. The maximum Gasteiger partial charge on any atom is 0.337 e. The average Bonchev–Trinajstić information content (AvgIpc) is 2.27. The molecular weight excluding hydrogens is 238 g/mol. The second-order valence-electron chi connectivity index (χ2n) is 4.36. The molecule has 0 saturated carbocycles. The summed E-state index contributed by atoms with van der Waals surface area (Å²) in [6.07, 6.45) is 0. The summed E-state index contributed by atoms with van der Waals surface area (Å²) in [6.45, 7) is 5.49. The predicted molar refractivity (Wildman–Crippen MR) is 65.9 cm³/mol. The van der Waals surface area contributed by atoms with Crippen LogP contribution in [-0.2, 0) is 9.53 Å². The summed E-state index contributed by atoms with van der Waals surface area (Å²) in [4.78, 5) is 11.3. The summed E-state index contributed by atoms with van der Waals surface area (Å²) in [6, 6.07) is 9.92. The van der Waals surface area contributed by atoms with Crippen LogP contribution in [0.3, 0.4) is 0 Å². The van der Waals surface area contributed by atoms with Gasteiger partial charge in [-0.3, -0.25) is 4.48 Å². The van der Waals surface area contributed by atoms with E-state index in [0.29, 0.717) is 16.8 Å². The minimum Gasteiger partial charge on any atom is -1.00 e. The molecule has 0 aliphatic carbocycles. The number of rotatable bonds is 4. The number of quaternary nitrogens is 1. The van der Waals surface area contributed by atoms with Crippen LogP contribution in [0.4, 0.5) is 5.69 Å². The molecule has 1 rings (SSSR count). The van der Waals surface area contributed by atoms with Gasteiger partial charge in [-0.1, -0.05) is 24.8 Å². The van der Waals surface area contributed by atoms with Gasteiger partial charge in [-0.2, -0.15) is 0 Å². The molecule has 0 atom stereocenters. The molecule has 3 nitrogen and oxygen atoms in total. The summed E-state index contributed by atoms with van der Waals surface area (Å²) in [5, 5.41) is 0. The number of para-hydroxylation sites is 1. The number of halogens is 1. The van der Waals surface area contributed by atoms with Gasteiger partial charge < -0.3 is 17.1 Å². The number of carbonyl (C=O) groups excluding carboxylic acids is 1. The number of nitrogens with zero attached hydrogens (tertiary/aromatic N) is 1. The molecule has 0 heterocycles. The molecule has 0 N–H and O–H groups in total. The van der Waals surface area contributed by atoms with E-state index in [1.54, 1.807) is 6.92 Å². The van der Waals surface area contributed by atoms with Crippen molar-refractivity contribution >= 4 is 11.7 Å². The number of esters is 1. The molecule has 0 bridgehead atoms. The minimum atomic E-state index is -0.345. The third kappa shape index (κ3) is 4.59. The Morgan fingerprint density at radius 2 is 1.82 bits per heavy atom. The van der Waals surface area contributed by atoms with Gasteiger partial charge in [0, 0.05) is 5.57 Å². The first-order chi connectivity index (χ1) is 7.43. The lowest BCUT2D eigenvalue weighted by Gasteiger charge is -2.28. The molecule has 1 aromatic carbocycles. The van der Waals surface area contributed by atoms with Gasteiger partial charge in [-0.05, 0) is 19.1 Å². The van der Waals surface area contributed by atoms with Gasteiger partial charge >= 0.3 is 5.97 Å². The number of benzene rings is 1. The molecule has 0 unspecified atom stereocenters. The zero-order valence-electron chi connectivity index (χ0n) is 10.4. The van der Waals surface area contributed by atoms with Gasteiger partial charge in [0.25, 0.3) is 0 Å². The van der Waals surface area contributed by atoms with Crippen molar-refractivity contribution in [3.63, 3.8) is 0 Å². The lowest BCUT2D eigenvalue weighted by atomic mass is 10.3. The zero-order valence-corrected chi connectivity index (χ0v) is 11.2. The van der Waals surface area contributed by atoms with E-state index in [2.05, 4.69) is 6.58 Å². The molecule has 1 aromatic rings. The molecule has 17 heavy (non-hydrogen) atoms. The maximum absolute atomic E-state index is 11.3. The summed E-state index contributed by atoms with van der Waals surface area (Å²) >= 11 is 0. The summed E-state index contributed by atoms with van der Waals surface area (Å²) in [5.74, 6) is -0.345. The van der Waals surface area contributed by atoms with E-state index >= 15 is 0 Å². The molecule has 0 amide bonds. The van der Waals surface area contributed by atoms with Crippen LogP contribution in [0.1, 0.15) is 6.92 Å². The molecule has 4 heteroatoms. The Hall–Kier alpha value is -1.32. The molecule has 94 valence electrons. The van der Waals surface area contributed by atoms with Crippen molar-refractivity contribution < 1.29 is 21.9 Å². The van der Waals surface area contributed by atoms with Crippen LogP contribution in [0.25, 0.3) is 0 Å². The van der Waals surface area contributed by atoms with E-state index in [1.807, 2.05) is 44.4 Å². The molecule has 0 radical (unpaired) electrons. The standard InChI is InChI=1S/C13H18NO2.ClH/c1-11(2)13(15)16-10-14(3,4)12-8-6-5-7-9-12;/h5-9H,1,10H2,2-4H3;1H/q+1;/p-1. The fraction of sp³-hybridized carbons (Fsp3) is 0.308. The molecule has 0 aromatic heterocycles. The van der Waals surface area contributed by atoms with E-state index in [9.17, 15) is 4.79 Å². The molecule has 0 fully saturated rings. The molecule has 0 saturated heterocycles. The number of hydrogen-bond acceptors (Lipinski definition) is 2. The smallest absolute Gasteiger partial charge is 0.337 e. The first-order valence-corrected chi connectivity index (χ1v) is 5.15. The Balaban J connectivity index is 0.00000256. The van der Waals surface area contributed by atoms with Crippen molar-refractivity contribution in [1.29, 1.82) is 0 Å². The number of carbonyl (C=O) groups is 1. The predicted octanol–water partition coefficient (Wildman–Crippen LogP) is -0.666. The lowest BCUT2D eigenvalue weighted by molar-refractivity contribution is -0.142. The quantitative estimate of drug-likeness (QED) is 0.309. The summed E-state index contributed by atoms with van der Waals surface area (Å²) in [5.41, 5.74) is 1.52. The van der Waals surface area contributed by atoms with E-state index in [0.717, 1.165) is 5.69 Å². The highest BCUT2D eigenvalue weighted by molar-refractivity contribution is 5.86. The van der Waals surface area contributed by atoms with Crippen molar-refractivity contribution in [2.45, 2.75) is 6.92 Å². The van der Waals surface area contributed by atoms with Crippen LogP contribution in [0, 0.1) is 0 Å². The third-order valence-corrected chi connectivity index (χ3v) is 2.32. The van der Waals surface area contributed by atoms with Crippen molar-refractivity contribution in [2.75, 3.05) is 20.8 Å². The first-order valence-electron chi connectivity index (χ1n) is 5.15.